The summed E-state index contributed by atoms with van der Waals surface area (Å²) >= 11 is 2.19. The lowest BCUT2D eigenvalue weighted by Gasteiger charge is -2.17. The van der Waals surface area contributed by atoms with Gasteiger partial charge in [0.1, 0.15) is 0 Å². The number of halogens is 3. The summed E-state index contributed by atoms with van der Waals surface area (Å²) in [7, 11) is 0. The van der Waals surface area contributed by atoms with Crippen molar-refractivity contribution in [1.29, 1.82) is 0 Å². The summed E-state index contributed by atoms with van der Waals surface area (Å²) in [5.41, 5.74) is -0.183. The number of esters is 1. The van der Waals surface area contributed by atoms with Crippen LogP contribution in [-0.2, 0) is 19.0 Å². The molecule has 0 N–H and O–H groups in total. The highest BCUT2D eigenvalue weighted by Crippen LogP contribution is 2.40. The monoisotopic (exact) mass is 342 g/mol. The van der Waals surface area contributed by atoms with Crippen molar-refractivity contribution in [2.45, 2.75) is 38.3 Å². The number of rotatable bonds is 6. The average Bonchev–Trinajstić information content (AvgIpc) is 2.70. The molecule has 0 amide bonds. The minimum atomic E-state index is -3.41. The number of ether oxygens (including phenoxy) is 3. The lowest BCUT2D eigenvalue weighted by molar-refractivity contribution is -0.139. The molecule has 1 atom stereocenters. The van der Waals surface area contributed by atoms with E-state index >= 15 is 0 Å². The second-order valence-corrected chi connectivity index (χ2v) is 5.50. The molecule has 0 fully saturated rings. The van der Waals surface area contributed by atoms with Crippen molar-refractivity contribution in [2.75, 3.05) is 13.2 Å². The van der Waals surface area contributed by atoms with Crippen molar-refractivity contribution in [3.05, 3.63) is 11.3 Å². The first-order valence-electron chi connectivity index (χ1n) is 6.01. The zero-order valence-corrected chi connectivity index (χ0v) is 12.6. The molecule has 0 spiro atoms. The molecule has 0 aromatic rings. The Bertz CT molecular complexity index is 363. The molecule has 1 rings (SSSR count). The largest absolute Gasteiger partial charge is 0.463 e. The Balaban J connectivity index is 2.78. The predicted octanol–water partition coefficient (Wildman–Crippen LogP) is 3.21. The van der Waals surface area contributed by atoms with E-state index < -0.39 is 22.9 Å². The van der Waals surface area contributed by atoms with Gasteiger partial charge in [-0.3, -0.25) is 0 Å². The third-order valence-electron chi connectivity index (χ3n) is 2.29. The molecule has 4 nitrogen and oxygen atoms in total. The molecule has 1 aliphatic heterocycles. The molecular formula is C12H17BrF2O4. The van der Waals surface area contributed by atoms with Gasteiger partial charge in [-0.15, -0.1) is 0 Å². The molecule has 0 saturated heterocycles. The molecule has 0 saturated carbocycles. The van der Waals surface area contributed by atoms with Gasteiger partial charge >= 0.3 is 10.8 Å². The van der Waals surface area contributed by atoms with E-state index in [1.807, 2.05) is 13.8 Å². The first-order valence-corrected chi connectivity index (χ1v) is 6.80. The molecule has 1 aliphatic rings. The minimum Gasteiger partial charge on any atom is -0.463 e. The summed E-state index contributed by atoms with van der Waals surface area (Å²) in [6.45, 7) is 5.93. The summed E-state index contributed by atoms with van der Waals surface area (Å²) in [5, 5.41) is 0. The minimum absolute atomic E-state index is 0.0396. The van der Waals surface area contributed by atoms with Crippen LogP contribution in [0.1, 0.15) is 27.2 Å². The predicted molar refractivity (Wildman–Crippen MR) is 67.8 cm³/mol. The van der Waals surface area contributed by atoms with Crippen LogP contribution in [0, 0.1) is 5.92 Å². The summed E-state index contributed by atoms with van der Waals surface area (Å²) in [6.07, 6.45) is -0.914. The maximum absolute atomic E-state index is 13.3. The van der Waals surface area contributed by atoms with E-state index in [2.05, 4.69) is 15.9 Å². The van der Waals surface area contributed by atoms with Crippen LogP contribution in [-0.4, -0.2) is 30.3 Å². The van der Waals surface area contributed by atoms with E-state index in [4.69, 9.17) is 14.2 Å². The third kappa shape index (κ3) is 4.72. The highest BCUT2D eigenvalue weighted by atomic mass is 79.9. The summed E-state index contributed by atoms with van der Waals surface area (Å²) in [6, 6.07) is 0. The van der Waals surface area contributed by atoms with Crippen LogP contribution in [0.5, 0.6) is 0 Å². The van der Waals surface area contributed by atoms with Gasteiger partial charge in [0, 0.05) is 6.42 Å². The Hall–Kier alpha value is -0.690. The number of carbonyl (C=O) groups is 1. The first kappa shape index (κ1) is 16.4. The highest BCUT2D eigenvalue weighted by Gasteiger charge is 2.44. The normalized spacial score (nSPS) is 19.8. The molecule has 19 heavy (non-hydrogen) atoms. The molecule has 110 valence electrons. The summed E-state index contributed by atoms with van der Waals surface area (Å²) in [5.74, 6) is -1.28. The van der Waals surface area contributed by atoms with Crippen LogP contribution in [0.4, 0.5) is 8.78 Å². The zero-order valence-electron chi connectivity index (χ0n) is 11.0. The lowest BCUT2D eigenvalue weighted by atomic mass is 10.2. The van der Waals surface area contributed by atoms with Crippen molar-refractivity contribution in [3.8, 4) is 0 Å². The number of allylic oxidation sites excluding steroid dienone is 1. The van der Waals surface area contributed by atoms with Crippen LogP contribution in [0.25, 0.3) is 0 Å². The highest BCUT2D eigenvalue weighted by molar-refractivity contribution is 9.10. The van der Waals surface area contributed by atoms with Crippen molar-refractivity contribution < 1.29 is 27.8 Å². The van der Waals surface area contributed by atoms with Crippen molar-refractivity contribution in [3.63, 3.8) is 0 Å². The van der Waals surface area contributed by atoms with Crippen LogP contribution < -0.4 is 0 Å². The van der Waals surface area contributed by atoms with Crippen molar-refractivity contribution >= 4 is 21.9 Å². The molecule has 0 aliphatic carbocycles. The Morgan fingerprint density at radius 2 is 2.21 bits per heavy atom. The average molecular weight is 343 g/mol. The van der Waals surface area contributed by atoms with Gasteiger partial charge < -0.3 is 14.2 Å². The van der Waals surface area contributed by atoms with E-state index in [1.165, 1.54) is 0 Å². The number of hydrogen-bond donors (Lipinski definition) is 0. The van der Waals surface area contributed by atoms with Gasteiger partial charge in [0.05, 0.1) is 18.8 Å². The molecule has 0 aromatic heterocycles. The van der Waals surface area contributed by atoms with E-state index in [9.17, 15) is 13.6 Å². The Labute approximate surface area is 119 Å². The number of hydrogen-bond acceptors (Lipinski definition) is 4. The van der Waals surface area contributed by atoms with E-state index in [0.29, 0.717) is 6.61 Å². The summed E-state index contributed by atoms with van der Waals surface area (Å²) < 4.78 is 41.7. The zero-order chi connectivity index (χ0) is 14.6. The van der Waals surface area contributed by atoms with Crippen molar-refractivity contribution in [1.82, 2.24) is 0 Å². The Morgan fingerprint density at radius 1 is 1.58 bits per heavy atom. The Kier molecular flexibility index (Phi) is 5.73. The van der Waals surface area contributed by atoms with Crippen LogP contribution in [0.3, 0.4) is 0 Å². The van der Waals surface area contributed by atoms with Crippen molar-refractivity contribution in [2.24, 2.45) is 5.92 Å². The molecular weight excluding hydrogens is 326 g/mol. The SMILES string of the molecule is CCOC(=O)C1=C(C(F)(F)Br)OC(OCC(C)C)C1. The molecule has 1 unspecified atom stereocenters. The number of carbonyl (C=O) groups excluding carboxylic acids is 1. The molecule has 1 heterocycles. The van der Waals surface area contributed by atoms with E-state index in [1.54, 1.807) is 6.92 Å². The third-order valence-corrected chi connectivity index (χ3v) is 2.65. The van der Waals surface area contributed by atoms with Gasteiger partial charge in [-0.1, -0.05) is 13.8 Å². The Morgan fingerprint density at radius 3 is 2.68 bits per heavy atom. The second kappa shape index (κ2) is 6.65. The lowest BCUT2D eigenvalue weighted by Crippen LogP contribution is -2.18. The fourth-order valence-corrected chi connectivity index (χ4v) is 1.86. The van der Waals surface area contributed by atoms with Crippen LogP contribution >= 0.6 is 15.9 Å². The van der Waals surface area contributed by atoms with E-state index in [-0.39, 0.29) is 24.5 Å². The van der Waals surface area contributed by atoms with Gasteiger partial charge in [0.25, 0.3) is 0 Å². The summed E-state index contributed by atoms with van der Waals surface area (Å²) in [4.78, 5) is 8.20. The maximum Gasteiger partial charge on any atom is 0.358 e. The van der Waals surface area contributed by atoms with Gasteiger partial charge in [-0.25, -0.2) is 4.79 Å². The first-order chi connectivity index (χ1) is 8.75. The maximum atomic E-state index is 13.3. The smallest absolute Gasteiger partial charge is 0.358 e. The molecule has 0 aromatic carbocycles. The van der Waals surface area contributed by atoms with E-state index in [0.717, 1.165) is 0 Å². The van der Waals surface area contributed by atoms with Crippen LogP contribution in [0.2, 0.25) is 0 Å². The van der Waals surface area contributed by atoms with Gasteiger partial charge in [-0.05, 0) is 28.8 Å². The molecule has 0 bridgehead atoms. The number of alkyl halides is 3. The standard InChI is InChI=1S/C12H17BrF2O4/c1-4-17-11(16)8-5-9(18-6-7(2)3)19-10(8)12(13,14)15/h7,9H,4-6H2,1-3H3. The van der Waals surface area contributed by atoms with Gasteiger partial charge in [0.15, 0.2) is 5.76 Å². The van der Waals surface area contributed by atoms with Crippen LogP contribution in [0.15, 0.2) is 11.3 Å². The van der Waals surface area contributed by atoms with Gasteiger partial charge in [-0.2, -0.15) is 8.78 Å². The fourth-order valence-electron chi connectivity index (χ4n) is 1.53. The molecule has 0 radical (unpaired) electrons. The quantitative estimate of drug-likeness (QED) is 0.549. The topological polar surface area (TPSA) is 44.8 Å². The molecule has 7 heteroatoms. The second-order valence-electron chi connectivity index (χ2n) is 4.50. The fraction of sp³-hybridized carbons (Fsp3) is 0.750. The van der Waals surface area contributed by atoms with Gasteiger partial charge in [0.2, 0.25) is 6.29 Å².